The zero-order valence-electron chi connectivity index (χ0n) is 19.7. The lowest BCUT2D eigenvalue weighted by Gasteiger charge is -2.36. The van der Waals surface area contributed by atoms with Crippen LogP contribution in [0.1, 0.15) is 19.8 Å². The molecule has 2 aromatic carbocycles. The number of fused-ring (bicyclic) bond motifs is 1. The number of nitrogens with one attached hydrogen (secondary N) is 2. The molecule has 35 heavy (non-hydrogen) atoms. The highest BCUT2D eigenvalue weighted by Gasteiger charge is 2.23. The van der Waals surface area contributed by atoms with Crippen LogP contribution in [-0.4, -0.2) is 53.4 Å². The fraction of sp³-hybridized carbons (Fsp3) is 0.346. The van der Waals surface area contributed by atoms with Crippen LogP contribution in [0.3, 0.4) is 0 Å². The van der Waals surface area contributed by atoms with Crippen molar-refractivity contribution in [2.75, 3.05) is 31.1 Å². The number of aromatic nitrogens is 1. The summed E-state index contributed by atoms with van der Waals surface area (Å²) in [4.78, 5) is 41.3. The molecule has 1 atom stereocenters. The van der Waals surface area contributed by atoms with Crippen LogP contribution in [0.4, 0.5) is 5.69 Å². The van der Waals surface area contributed by atoms with E-state index in [1.807, 2.05) is 77.2 Å². The van der Waals surface area contributed by atoms with Gasteiger partial charge < -0.3 is 14.4 Å². The fourth-order valence-corrected chi connectivity index (χ4v) is 4.55. The van der Waals surface area contributed by atoms with Crippen molar-refractivity contribution in [3.05, 3.63) is 65.8 Å². The maximum Gasteiger partial charge on any atom is 0.258 e. The second kappa shape index (κ2) is 11.3. The SMILES string of the molecule is C[C@H](CC(=O)NNC(=O)Cn1ccc2ccccc21)CC(=O)N1CCN(c2cccc(Cl)c2)CC1. The second-order valence-electron chi connectivity index (χ2n) is 8.96. The Bertz CT molecular complexity index is 1200. The Balaban J connectivity index is 1.16. The molecule has 2 heterocycles. The highest BCUT2D eigenvalue weighted by Crippen LogP contribution is 2.21. The van der Waals surface area contributed by atoms with Gasteiger partial charge in [-0.15, -0.1) is 0 Å². The number of hydrogen-bond donors (Lipinski definition) is 2. The fourth-order valence-electron chi connectivity index (χ4n) is 4.37. The number of amides is 3. The molecular formula is C26H30ClN5O3. The summed E-state index contributed by atoms with van der Waals surface area (Å²) in [5.74, 6) is -0.735. The average Bonchev–Trinajstić information content (AvgIpc) is 3.25. The van der Waals surface area contributed by atoms with E-state index in [9.17, 15) is 14.4 Å². The number of carbonyl (C=O) groups excluding carboxylic acids is 3. The lowest BCUT2D eigenvalue weighted by atomic mass is 10.0. The normalized spacial score (nSPS) is 14.6. The highest BCUT2D eigenvalue weighted by molar-refractivity contribution is 6.30. The van der Waals surface area contributed by atoms with Crippen LogP contribution in [0.15, 0.2) is 60.8 Å². The van der Waals surface area contributed by atoms with Gasteiger partial charge in [0.2, 0.25) is 11.8 Å². The van der Waals surface area contributed by atoms with E-state index >= 15 is 0 Å². The van der Waals surface area contributed by atoms with Crippen LogP contribution in [0.25, 0.3) is 10.9 Å². The maximum absolute atomic E-state index is 12.7. The lowest BCUT2D eigenvalue weighted by Crippen LogP contribution is -2.49. The maximum atomic E-state index is 12.7. The quantitative estimate of drug-likeness (QED) is 0.493. The van der Waals surface area contributed by atoms with Crippen LogP contribution in [0.2, 0.25) is 5.02 Å². The number of para-hydroxylation sites is 1. The van der Waals surface area contributed by atoms with Crippen LogP contribution in [0, 0.1) is 5.92 Å². The van der Waals surface area contributed by atoms with Crippen molar-refractivity contribution in [2.24, 2.45) is 5.92 Å². The van der Waals surface area contributed by atoms with E-state index in [1.165, 1.54) is 0 Å². The van der Waals surface area contributed by atoms with Crippen LogP contribution >= 0.6 is 11.6 Å². The standard InChI is InChI=1S/C26H30ClN5O3/c1-19(16-26(35)31-13-11-30(12-14-31)22-7-4-6-21(27)17-22)15-24(33)28-29-25(34)18-32-10-9-20-5-2-3-8-23(20)32/h2-10,17,19H,11-16,18H2,1H3,(H,28,33)(H,29,34)/t19-/m1/s1. The lowest BCUT2D eigenvalue weighted by molar-refractivity contribution is -0.133. The van der Waals surface area contributed by atoms with Gasteiger partial charge in [0.05, 0.1) is 0 Å². The molecule has 0 bridgehead atoms. The van der Waals surface area contributed by atoms with E-state index in [-0.39, 0.29) is 43.0 Å². The molecular weight excluding hydrogens is 466 g/mol. The highest BCUT2D eigenvalue weighted by atomic mass is 35.5. The molecule has 1 saturated heterocycles. The van der Waals surface area contributed by atoms with E-state index in [1.54, 1.807) is 0 Å². The predicted octanol–water partition coefficient (Wildman–Crippen LogP) is 3.21. The smallest absolute Gasteiger partial charge is 0.258 e. The molecule has 2 N–H and O–H groups in total. The summed E-state index contributed by atoms with van der Waals surface area (Å²) in [5.41, 5.74) is 6.93. The number of nitrogens with zero attached hydrogens (tertiary/aromatic N) is 3. The van der Waals surface area contributed by atoms with Gasteiger partial charge in [-0.2, -0.15) is 0 Å². The van der Waals surface area contributed by atoms with E-state index in [0.29, 0.717) is 18.1 Å². The van der Waals surface area contributed by atoms with Gasteiger partial charge in [-0.25, -0.2) is 0 Å². The summed E-state index contributed by atoms with van der Waals surface area (Å²) in [6.07, 6.45) is 2.28. The average molecular weight is 496 g/mol. The number of carbonyl (C=O) groups is 3. The summed E-state index contributed by atoms with van der Waals surface area (Å²) in [6.45, 7) is 4.71. The van der Waals surface area contributed by atoms with Crippen molar-refractivity contribution in [1.29, 1.82) is 0 Å². The third kappa shape index (κ3) is 6.54. The van der Waals surface area contributed by atoms with E-state index in [0.717, 1.165) is 29.7 Å². The molecule has 3 aromatic rings. The Morgan fingerprint density at radius 3 is 2.43 bits per heavy atom. The molecule has 184 valence electrons. The first kappa shape index (κ1) is 24.6. The Morgan fingerprint density at radius 2 is 1.66 bits per heavy atom. The Labute approximate surface area is 209 Å². The summed E-state index contributed by atoms with van der Waals surface area (Å²) in [5, 5.41) is 1.75. The monoisotopic (exact) mass is 495 g/mol. The predicted molar refractivity (Wildman–Crippen MR) is 137 cm³/mol. The molecule has 0 unspecified atom stereocenters. The molecule has 1 aliphatic heterocycles. The number of halogens is 1. The summed E-state index contributed by atoms with van der Waals surface area (Å²) in [6, 6.07) is 17.4. The number of rotatable bonds is 7. The molecule has 0 radical (unpaired) electrons. The minimum atomic E-state index is -0.319. The van der Waals surface area contributed by atoms with Crippen molar-refractivity contribution in [3.8, 4) is 0 Å². The summed E-state index contributed by atoms with van der Waals surface area (Å²) < 4.78 is 1.82. The van der Waals surface area contributed by atoms with Crippen LogP contribution in [0.5, 0.6) is 0 Å². The molecule has 1 fully saturated rings. The molecule has 0 spiro atoms. The first-order valence-electron chi connectivity index (χ1n) is 11.8. The molecule has 1 aromatic heterocycles. The zero-order chi connectivity index (χ0) is 24.8. The van der Waals surface area contributed by atoms with Gasteiger partial charge in [0.25, 0.3) is 5.91 Å². The minimum absolute atomic E-state index is 0.0413. The van der Waals surface area contributed by atoms with Gasteiger partial charge in [0.1, 0.15) is 6.54 Å². The Morgan fingerprint density at radius 1 is 0.914 bits per heavy atom. The summed E-state index contributed by atoms with van der Waals surface area (Å²) in [7, 11) is 0. The molecule has 0 saturated carbocycles. The Kier molecular flexibility index (Phi) is 7.92. The van der Waals surface area contributed by atoms with Crippen LogP contribution < -0.4 is 15.8 Å². The molecule has 3 amide bonds. The zero-order valence-corrected chi connectivity index (χ0v) is 20.5. The van der Waals surface area contributed by atoms with E-state index in [2.05, 4.69) is 15.8 Å². The molecule has 9 heteroatoms. The van der Waals surface area contributed by atoms with Gasteiger partial charge in [-0.3, -0.25) is 25.2 Å². The number of hydrogen-bond acceptors (Lipinski definition) is 4. The topological polar surface area (TPSA) is 86.7 Å². The van der Waals surface area contributed by atoms with Gasteiger partial charge in [0.15, 0.2) is 0 Å². The van der Waals surface area contributed by atoms with Gasteiger partial charge in [0, 0.05) is 61.4 Å². The third-order valence-electron chi connectivity index (χ3n) is 6.20. The van der Waals surface area contributed by atoms with Crippen molar-refractivity contribution >= 4 is 45.9 Å². The largest absolute Gasteiger partial charge is 0.368 e. The first-order valence-corrected chi connectivity index (χ1v) is 12.2. The van der Waals surface area contributed by atoms with Crippen molar-refractivity contribution in [1.82, 2.24) is 20.3 Å². The number of anilines is 1. The number of piperazine rings is 1. The summed E-state index contributed by atoms with van der Waals surface area (Å²) >= 11 is 6.09. The molecule has 1 aliphatic rings. The number of hydrazine groups is 1. The van der Waals surface area contributed by atoms with Gasteiger partial charge in [-0.1, -0.05) is 42.8 Å². The van der Waals surface area contributed by atoms with Crippen molar-refractivity contribution < 1.29 is 14.4 Å². The van der Waals surface area contributed by atoms with Gasteiger partial charge >= 0.3 is 0 Å². The molecule has 4 rings (SSSR count). The Hall–Kier alpha value is -3.52. The molecule has 8 nitrogen and oxygen atoms in total. The van der Waals surface area contributed by atoms with E-state index < -0.39 is 0 Å². The van der Waals surface area contributed by atoms with Crippen molar-refractivity contribution in [2.45, 2.75) is 26.3 Å². The van der Waals surface area contributed by atoms with E-state index in [4.69, 9.17) is 11.6 Å². The van der Waals surface area contributed by atoms with Crippen molar-refractivity contribution in [3.63, 3.8) is 0 Å². The van der Waals surface area contributed by atoms with Crippen LogP contribution in [-0.2, 0) is 20.9 Å². The second-order valence-corrected chi connectivity index (χ2v) is 9.40. The third-order valence-corrected chi connectivity index (χ3v) is 6.43. The minimum Gasteiger partial charge on any atom is -0.368 e. The first-order chi connectivity index (χ1) is 16.9. The van der Waals surface area contributed by atoms with Gasteiger partial charge in [-0.05, 0) is 41.6 Å². The number of benzene rings is 2. The molecule has 0 aliphatic carbocycles.